The highest BCUT2D eigenvalue weighted by atomic mass is 15.1. The molecule has 0 aromatic rings. The molecule has 0 spiro atoms. The monoisotopic (exact) mass is 291 g/mol. The van der Waals surface area contributed by atoms with Gasteiger partial charge in [-0.1, -0.05) is 20.3 Å². The quantitative estimate of drug-likeness (QED) is 0.813. The summed E-state index contributed by atoms with van der Waals surface area (Å²) < 4.78 is 0. The normalized spacial score (nSPS) is 34.5. The van der Waals surface area contributed by atoms with Crippen molar-refractivity contribution in [3.05, 3.63) is 0 Å². The van der Waals surface area contributed by atoms with Crippen LogP contribution in [0, 0.1) is 23.2 Å². The predicted molar refractivity (Wildman–Crippen MR) is 88.1 cm³/mol. The van der Waals surface area contributed by atoms with Crippen LogP contribution < -0.4 is 5.32 Å². The van der Waals surface area contributed by atoms with Crippen molar-refractivity contribution in [3.8, 4) is 6.07 Å². The largest absolute Gasteiger partial charge is 0.303 e. The van der Waals surface area contributed by atoms with Gasteiger partial charge in [-0.25, -0.2) is 0 Å². The van der Waals surface area contributed by atoms with Crippen LogP contribution in [-0.2, 0) is 0 Å². The molecule has 0 amide bonds. The molecule has 0 aromatic heterocycles. The van der Waals surface area contributed by atoms with Gasteiger partial charge in [0.1, 0.15) is 5.54 Å². The number of rotatable bonds is 6. The molecule has 3 atom stereocenters. The minimum absolute atomic E-state index is 0.227. The molecule has 1 aliphatic heterocycles. The second-order valence-electron chi connectivity index (χ2n) is 7.27. The van der Waals surface area contributed by atoms with Gasteiger partial charge in [0.2, 0.25) is 0 Å². The van der Waals surface area contributed by atoms with E-state index < -0.39 is 0 Å². The number of likely N-dealkylation sites (tertiary alicyclic amines) is 1. The van der Waals surface area contributed by atoms with Gasteiger partial charge >= 0.3 is 0 Å². The first-order valence-electron chi connectivity index (χ1n) is 9.09. The Morgan fingerprint density at radius 1 is 1.24 bits per heavy atom. The van der Waals surface area contributed by atoms with Crippen LogP contribution in [0.4, 0.5) is 0 Å². The maximum absolute atomic E-state index is 9.70. The second kappa shape index (κ2) is 8.15. The molecule has 1 heterocycles. The molecular formula is C18H33N3. The Balaban J connectivity index is 1.84. The van der Waals surface area contributed by atoms with Gasteiger partial charge < -0.3 is 4.90 Å². The number of nitriles is 1. The van der Waals surface area contributed by atoms with Crippen LogP contribution in [0.25, 0.3) is 0 Å². The third kappa shape index (κ3) is 4.44. The Morgan fingerprint density at radius 3 is 2.86 bits per heavy atom. The molecule has 1 N–H and O–H groups in total. The first kappa shape index (κ1) is 16.8. The van der Waals surface area contributed by atoms with Crippen LogP contribution in [0.2, 0.25) is 0 Å². The van der Waals surface area contributed by atoms with Crippen LogP contribution in [-0.4, -0.2) is 36.6 Å². The van der Waals surface area contributed by atoms with E-state index in [2.05, 4.69) is 30.1 Å². The van der Waals surface area contributed by atoms with Crippen molar-refractivity contribution in [2.45, 2.75) is 70.8 Å². The van der Waals surface area contributed by atoms with E-state index in [1.807, 2.05) is 0 Å². The fraction of sp³-hybridized carbons (Fsp3) is 0.944. The molecule has 0 radical (unpaired) electrons. The minimum Gasteiger partial charge on any atom is -0.303 e. The average molecular weight is 291 g/mol. The second-order valence-corrected chi connectivity index (χ2v) is 7.27. The van der Waals surface area contributed by atoms with E-state index >= 15 is 0 Å². The lowest BCUT2D eigenvalue weighted by Gasteiger charge is -2.31. The van der Waals surface area contributed by atoms with Crippen molar-refractivity contribution in [2.75, 3.05) is 26.2 Å². The molecule has 1 saturated heterocycles. The van der Waals surface area contributed by atoms with Crippen LogP contribution in [0.3, 0.4) is 0 Å². The van der Waals surface area contributed by atoms with Gasteiger partial charge in [-0.2, -0.15) is 5.26 Å². The number of nitrogens with zero attached hydrogens (tertiary/aromatic N) is 2. The summed E-state index contributed by atoms with van der Waals surface area (Å²) in [6.45, 7) is 9.25. The molecule has 2 aliphatic rings. The van der Waals surface area contributed by atoms with Gasteiger partial charge in [-0.3, -0.25) is 5.32 Å². The zero-order valence-electron chi connectivity index (χ0n) is 14.0. The molecule has 1 aliphatic carbocycles. The summed E-state index contributed by atoms with van der Waals surface area (Å²) in [5.41, 5.74) is -0.227. The van der Waals surface area contributed by atoms with E-state index in [0.29, 0.717) is 5.92 Å². The van der Waals surface area contributed by atoms with E-state index in [1.54, 1.807) is 0 Å². The third-order valence-corrected chi connectivity index (χ3v) is 5.61. The fourth-order valence-corrected chi connectivity index (χ4v) is 4.12. The lowest BCUT2D eigenvalue weighted by Crippen LogP contribution is -2.48. The van der Waals surface area contributed by atoms with E-state index in [9.17, 15) is 5.26 Å². The van der Waals surface area contributed by atoms with Crippen molar-refractivity contribution < 1.29 is 0 Å². The zero-order chi connectivity index (χ0) is 15.1. The Bertz CT molecular complexity index is 349. The van der Waals surface area contributed by atoms with Gasteiger partial charge in [0.15, 0.2) is 0 Å². The van der Waals surface area contributed by atoms with Crippen LogP contribution in [0.5, 0.6) is 0 Å². The van der Waals surface area contributed by atoms with Crippen LogP contribution in [0.1, 0.15) is 65.2 Å². The predicted octanol–water partition coefficient (Wildman–Crippen LogP) is 3.56. The van der Waals surface area contributed by atoms with Gasteiger partial charge in [0.25, 0.3) is 0 Å². The molecule has 0 aromatic carbocycles. The molecular weight excluding hydrogens is 258 g/mol. The molecule has 21 heavy (non-hydrogen) atoms. The van der Waals surface area contributed by atoms with E-state index in [-0.39, 0.29) is 5.54 Å². The SMILES string of the molecule is CCCNC1(C#N)CCCC1CCN1CCCC(C)CC1. The number of hydrogen-bond acceptors (Lipinski definition) is 3. The Hall–Kier alpha value is -0.590. The molecule has 1 saturated carbocycles. The highest BCUT2D eigenvalue weighted by Gasteiger charge is 2.42. The molecule has 3 nitrogen and oxygen atoms in total. The lowest BCUT2D eigenvalue weighted by molar-refractivity contribution is 0.226. The van der Waals surface area contributed by atoms with E-state index in [0.717, 1.165) is 25.3 Å². The number of hydrogen-bond donors (Lipinski definition) is 1. The van der Waals surface area contributed by atoms with Crippen molar-refractivity contribution in [2.24, 2.45) is 11.8 Å². The van der Waals surface area contributed by atoms with Gasteiger partial charge in [0.05, 0.1) is 6.07 Å². The van der Waals surface area contributed by atoms with Gasteiger partial charge in [-0.05, 0) is 83.0 Å². The molecule has 0 bridgehead atoms. The van der Waals surface area contributed by atoms with Gasteiger partial charge in [-0.15, -0.1) is 0 Å². The van der Waals surface area contributed by atoms with Crippen molar-refractivity contribution in [1.82, 2.24) is 10.2 Å². The maximum Gasteiger partial charge on any atom is 0.109 e. The molecule has 120 valence electrons. The van der Waals surface area contributed by atoms with Crippen LogP contribution in [0.15, 0.2) is 0 Å². The minimum atomic E-state index is -0.227. The average Bonchev–Trinajstić information content (AvgIpc) is 2.79. The van der Waals surface area contributed by atoms with E-state index in [4.69, 9.17) is 0 Å². The molecule has 2 fully saturated rings. The summed E-state index contributed by atoms with van der Waals surface area (Å²) in [5.74, 6) is 1.45. The molecule has 3 unspecified atom stereocenters. The number of nitrogens with one attached hydrogen (secondary N) is 1. The Morgan fingerprint density at radius 2 is 2.10 bits per heavy atom. The first-order valence-corrected chi connectivity index (χ1v) is 9.09. The van der Waals surface area contributed by atoms with Crippen molar-refractivity contribution >= 4 is 0 Å². The zero-order valence-corrected chi connectivity index (χ0v) is 14.0. The third-order valence-electron chi connectivity index (χ3n) is 5.61. The molecule has 2 rings (SSSR count). The van der Waals surface area contributed by atoms with E-state index in [1.165, 1.54) is 58.2 Å². The summed E-state index contributed by atoms with van der Waals surface area (Å²) >= 11 is 0. The summed E-state index contributed by atoms with van der Waals surface area (Å²) in [6, 6.07) is 2.64. The summed E-state index contributed by atoms with van der Waals surface area (Å²) in [5, 5.41) is 13.3. The van der Waals surface area contributed by atoms with Crippen molar-refractivity contribution in [3.63, 3.8) is 0 Å². The Kier molecular flexibility index (Phi) is 6.51. The highest BCUT2D eigenvalue weighted by molar-refractivity contribution is 5.14. The van der Waals surface area contributed by atoms with Gasteiger partial charge in [0, 0.05) is 0 Å². The van der Waals surface area contributed by atoms with Crippen molar-refractivity contribution in [1.29, 1.82) is 5.26 Å². The Labute approximate surface area is 131 Å². The van der Waals surface area contributed by atoms with Crippen LogP contribution >= 0.6 is 0 Å². The highest BCUT2D eigenvalue weighted by Crippen LogP contribution is 2.37. The lowest BCUT2D eigenvalue weighted by atomic mass is 9.85. The standard InChI is InChI=1S/C18H33N3/c1-3-11-20-18(15-19)10-4-7-17(18)9-14-21-12-5-6-16(2)8-13-21/h16-17,20H,3-14H2,1-2H3. The summed E-state index contributed by atoms with van der Waals surface area (Å²) in [4.78, 5) is 2.64. The maximum atomic E-state index is 9.70. The summed E-state index contributed by atoms with van der Waals surface area (Å²) in [6.07, 6.45) is 9.89. The topological polar surface area (TPSA) is 39.1 Å². The summed E-state index contributed by atoms with van der Waals surface area (Å²) in [7, 11) is 0. The fourth-order valence-electron chi connectivity index (χ4n) is 4.12. The first-order chi connectivity index (χ1) is 10.2. The molecule has 3 heteroatoms. The smallest absolute Gasteiger partial charge is 0.109 e.